The maximum Gasteiger partial charge on any atom is 0.409 e. The number of rotatable bonds is 0. The first-order valence-electron chi connectivity index (χ1n) is 4.65. The minimum absolute atomic E-state index is 0.150. The monoisotopic (exact) mass is 211 g/mol. The van der Waals surface area contributed by atoms with Crippen molar-refractivity contribution in [1.29, 1.82) is 0 Å². The van der Waals surface area contributed by atoms with Crippen molar-refractivity contribution in [2.24, 2.45) is 0 Å². The van der Waals surface area contributed by atoms with E-state index in [2.05, 4.69) is 11.4 Å². The molecule has 2 heterocycles. The highest BCUT2D eigenvalue weighted by Gasteiger charge is 2.28. The molecule has 3 nitrogen and oxygen atoms in total. The zero-order valence-corrected chi connectivity index (χ0v) is 9.13. The molecule has 0 spiro atoms. The molecule has 0 bridgehead atoms. The molecule has 2 rings (SSSR count). The van der Waals surface area contributed by atoms with E-state index in [0.717, 1.165) is 13.0 Å². The Bertz CT molecular complexity index is 348. The van der Waals surface area contributed by atoms with Crippen LogP contribution in [0.5, 0.6) is 0 Å². The number of methoxy groups -OCH3 is 1. The van der Waals surface area contributed by atoms with Crippen LogP contribution in [0.2, 0.25) is 0 Å². The Morgan fingerprint density at radius 3 is 3.21 bits per heavy atom. The van der Waals surface area contributed by atoms with Gasteiger partial charge in [-0.2, -0.15) is 0 Å². The predicted molar refractivity (Wildman–Crippen MR) is 55.5 cm³/mol. The van der Waals surface area contributed by atoms with Crippen molar-refractivity contribution in [3.8, 4) is 0 Å². The molecule has 0 saturated carbocycles. The molecule has 1 aliphatic rings. The van der Waals surface area contributed by atoms with E-state index in [-0.39, 0.29) is 12.1 Å². The minimum Gasteiger partial charge on any atom is -0.453 e. The van der Waals surface area contributed by atoms with Crippen LogP contribution in [0.3, 0.4) is 0 Å². The zero-order valence-electron chi connectivity index (χ0n) is 8.32. The summed E-state index contributed by atoms with van der Waals surface area (Å²) in [4.78, 5) is 14.6. The fraction of sp³-hybridized carbons (Fsp3) is 0.500. The average Bonchev–Trinajstić information content (AvgIpc) is 2.66. The maximum absolute atomic E-state index is 11.4. The lowest BCUT2D eigenvalue weighted by molar-refractivity contribution is 0.105. The summed E-state index contributed by atoms with van der Waals surface area (Å²) in [5.74, 6) is 0. The molecule has 1 aliphatic heterocycles. The third-order valence-corrected chi connectivity index (χ3v) is 3.68. The van der Waals surface area contributed by atoms with E-state index in [1.165, 1.54) is 17.6 Å². The lowest BCUT2D eigenvalue weighted by Crippen LogP contribution is -2.38. The van der Waals surface area contributed by atoms with Crippen LogP contribution < -0.4 is 0 Å². The van der Waals surface area contributed by atoms with Gasteiger partial charge in [-0.25, -0.2) is 4.79 Å². The van der Waals surface area contributed by atoms with Crippen LogP contribution in [0.15, 0.2) is 11.4 Å². The second-order valence-electron chi connectivity index (χ2n) is 3.39. The second kappa shape index (κ2) is 3.61. The lowest BCUT2D eigenvalue weighted by atomic mass is 10.0. The van der Waals surface area contributed by atoms with E-state index < -0.39 is 0 Å². The summed E-state index contributed by atoms with van der Waals surface area (Å²) in [6.07, 6.45) is 0.723. The standard InChI is InChI=1S/C10H13NO2S/c1-7-8-4-6-14-9(8)3-5-11(7)10(12)13-2/h4,6-7H,3,5H2,1-2H3. The quantitative estimate of drug-likeness (QED) is 0.659. The molecule has 0 aliphatic carbocycles. The van der Waals surface area contributed by atoms with E-state index in [4.69, 9.17) is 4.74 Å². The Morgan fingerprint density at radius 2 is 2.50 bits per heavy atom. The Morgan fingerprint density at radius 1 is 1.71 bits per heavy atom. The average molecular weight is 211 g/mol. The summed E-state index contributed by atoms with van der Waals surface area (Å²) in [5.41, 5.74) is 1.27. The third kappa shape index (κ3) is 1.39. The highest BCUT2D eigenvalue weighted by molar-refractivity contribution is 7.10. The third-order valence-electron chi connectivity index (χ3n) is 2.69. The van der Waals surface area contributed by atoms with Crippen LogP contribution in [0, 0.1) is 0 Å². The van der Waals surface area contributed by atoms with Crippen LogP contribution in [-0.2, 0) is 11.2 Å². The van der Waals surface area contributed by atoms with Gasteiger partial charge >= 0.3 is 6.09 Å². The number of nitrogens with zero attached hydrogens (tertiary/aromatic N) is 1. The van der Waals surface area contributed by atoms with E-state index in [9.17, 15) is 4.79 Å². The van der Waals surface area contributed by atoms with Gasteiger partial charge < -0.3 is 9.64 Å². The predicted octanol–water partition coefficient (Wildman–Crippen LogP) is 2.43. The second-order valence-corrected chi connectivity index (χ2v) is 4.39. The van der Waals surface area contributed by atoms with Crippen molar-refractivity contribution in [2.45, 2.75) is 19.4 Å². The summed E-state index contributed by atoms with van der Waals surface area (Å²) < 4.78 is 4.74. The van der Waals surface area contributed by atoms with Crippen molar-refractivity contribution < 1.29 is 9.53 Å². The molecule has 1 unspecified atom stereocenters. The number of carbonyl (C=O) groups is 1. The molecule has 0 fully saturated rings. The van der Waals surface area contributed by atoms with Gasteiger partial charge in [0, 0.05) is 11.4 Å². The molecular formula is C10H13NO2S. The van der Waals surface area contributed by atoms with Crippen LogP contribution >= 0.6 is 11.3 Å². The van der Waals surface area contributed by atoms with Crippen molar-refractivity contribution >= 4 is 17.4 Å². The van der Waals surface area contributed by atoms with Crippen molar-refractivity contribution in [2.75, 3.05) is 13.7 Å². The van der Waals surface area contributed by atoms with Gasteiger partial charge in [0.1, 0.15) is 0 Å². The summed E-state index contributed by atoms with van der Waals surface area (Å²) in [6, 6.07) is 2.25. The first-order chi connectivity index (χ1) is 6.74. The molecule has 0 aromatic carbocycles. The molecule has 76 valence electrons. The fourth-order valence-corrected chi connectivity index (χ4v) is 2.84. The Balaban J connectivity index is 2.25. The van der Waals surface area contributed by atoms with Crippen LogP contribution in [0.25, 0.3) is 0 Å². The first kappa shape index (κ1) is 9.52. The molecule has 1 atom stereocenters. The molecule has 1 aromatic heterocycles. The molecule has 14 heavy (non-hydrogen) atoms. The number of ether oxygens (including phenoxy) is 1. The van der Waals surface area contributed by atoms with Gasteiger partial charge in [-0.3, -0.25) is 0 Å². The molecule has 0 radical (unpaired) electrons. The van der Waals surface area contributed by atoms with Gasteiger partial charge in [-0.15, -0.1) is 11.3 Å². The highest BCUT2D eigenvalue weighted by Crippen LogP contribution is 2.32. The van der Waals surface area contributed by atoms with E-state index in [1.54, 1.807) is 16.2 Å². The topological polar surface area (TPSA) is 29.5 Å². The SMILES string of the molecule is COC(=O)N1CCc2sccc2C1C. The molecule has 0 N–H and O–H groups in total. The molecular weight excluding hydrogens is 198 g/mol. The summed E-state index contributed by atoms with van der Waals surface area (Å²) >= 11 is 1.77. The van der Waals surface area contributed by atoms with Gasteiger partial charge in [0.2, 0.25) is 0 Å². The molecule has 0 saturated heterocycles. The van der Waals surface area contributed by atoms with Gasteiger partial charge in [0.05, 0.1) is 13.2 Å². The Labute approximate surface area is 87.3 Å². The van der Waals surface area contributed by atoms with Crippen molar-refractivity contribution in [3.05, 3.63) is 21.9 Å². The number of hydrogen-bond acceptors (Lipinski definition) is 3. The summed E-state index contributed by atoms with van der Waals surface area (Å²) in [5, 5.41) is 2.09. The molecule has 4 heteroatoms. The number of thiophene rings is 1. The van der Waals surface area contributed by atoms with Crippen LogP contribution in [0.4, 0.5) is 4.79 Å². The number of hydrogen-bond donors (Lipinski definition) is 0. The number of carbonyl (C=O) groups excluding carboxylic acids is 1. The number of amides is 1. The van der Waals surface area contributed by atoms with Crippen molar-refractivity contribution in [1.82, 2.24) is 4.90 Å². The number of fused-ring (bicyclic) bond motifs is 1. The highest BCUT2D eigenvalue weighted by atomic mass is 32.1. The van der Waals surface area contributed by atoms with Gasteiger partial charge in [0.15, 0.2) is 0 Å². The maximum atomic E-state index is 11.4. The first-order valence-corrected chi connectivity index (χ1v) is 5.53. The van der Waals surface area contributed by atoms with E-state index in [0.29, 0.717) is 0 Å². The van der Waals surface area contributed by atoms with Crippen LogP contribution in [0.1, 0.15) is 23.4 Å². The van der Waals surface area contributed by atoms with Gasteiger partial charge in [-0.05, 0) is 30.4 Å². The Kier molecular flexibility index (Phi) is 2.46. The largest absolute Gasteiger partial charge is 0.453 e. The van der Waals surface area contributed by atoms with Crippen molar-refractivity contribution in [3.63, 3.8) is 0 Å². The molecule has 1 aromatic rings. The van der Waals surface area contributed by atoms with Gasteiger partial charge in [-0.1, -0.05) is 0 Å². The summed E-state index contributed by atoms with van der Waals surface area (Å²) in [7, 11) is 1.43. The molecule has 1 amide bonds. The lowest BCUT2D eigenvalue weighted by Gasteiger charge is -2.32. The summed E-state index contributed by atoms with van der Waals surface area (Å²) in [6.45, 7) is 2.81. The smallest absolute Gasteiger partial charge is 0.409 e. The zero-order chi connectivity index (χ0) is 10.1. The van der Waals surface area contributed by atoms with E-state index in [1.807, 2.05) is 6.92 Å². The normalized spacial score (nSPS) is 20.4. The van der Waals surface area contributed by atoms with E-state index >= 15 is 0 Å². The van der Waals surface area contributed by atoms with Gasteiger partial charge in [0.25, 0.3) is 0 Å². The van der Waals surface area contributed by atoms with Crippen LogP contribution in [-0.4, -0.2) is 24.6 Å². The minimum atomic E-state index is -0.227. The Hall–Kier alpha value is -1.03. The fourth-order valence-electron chi connectivity index (χ4n) is 1.88.